The average Bonchev–Trinajstić information content (AvgIpc) is 3.04. The smallest absolute Gasteiger partial charge is 0.258 e. The SMILES string of the molecule is CC/C(Nc1ccc(CCNC)cc1)=C1/C(=O)Nc2cc(OC)c(OC)cc21. The second-order valence-electron chi connectivity index (χ2n) is 6.59. The van der Waals surface area contributed by atoms with Crippen molar-refractivity contribution < 1.29 is 14.3 Å². The summed E-state index contributed by atoms with van der Waals surface area (Å²) >= 11 is 0. The summed E-state index contributed by atoms with van der Waals surface area (Å²) in [6, 6.07) is 11.9. The highest BCUT2D eigenvalue weighted by molar-refractivity contribution is 6.32. The molecule has 1 aliphatic heterocycles. The van der Waals surface area contributed by atoms with E-state index in [1.165, 1.54) is 5.56 Å². The standard InChI is InChI=1S/C22H27N3O3/c1-5-17(24-15-8-6-14(7-9-15)10-11-23-2)21-16-12-19(27-3)20(28-4)13-18(16)25-22(21)26/h6-9,12-13,23-24H,5,10-11H2,1-4H3,(H,25,26)/b21-17-. The van der Waals surface area contributed by atoms with Gasteiger partial charge in [0.05, 0.1) is 25.5 Å². The molecule has 2 aromatic rings. The van der Waals surface area contributed by atoms with Gasteiger partial charge in [-0.25, -0.2) is 0 Å². The second kappa shape index (κ2) is 8.80. The van der Waals surface area contributed by atoms with Crippen molar-refractivity contribution in [2.45, 2.75) is 19.8 Å². The first-order chi connectivity index (χ1) is 13.6. The van der Waals surface area contributed by atoms with E-state index in [1.807, 2.05) is 32.2 Å². The van der Waals surface area contributed by atoms with Crippen LogP contribution in [-0.4, -0.2) is 33.7 Å². The predicted octanol–water partition coefficient (Wildman–Crippen LogP) is 3.65. The summed E-state index contributed by atoms with van der Waals surface area (Å²) < 4.78 is 10.8. The lowest BCUT2D eigenvalue weighted by Gasteiger charge is -2.14. The van der Waals surface area contributed by atoms with E-state index in [2.05, 4.69) is 28.1 Å². The van der Waals surface area contributed by atoms with Gasteiger partial charge >= 0.3 is 0 Å². The predicted molar refractivity (Wildman–Crippen MR) is 113 cm³/mol. The molecule has 0 fully saturated rings. The molecule has 0 saturated heterocycles. The average molecular weight is 381 g/mol. The van der Waals surface area contributed by atoms with Crippen LogP contribution >= 0.6 is 0 Å². The summed E-state index contributed by atoms with van der Waals surface area (Å²) in [5.74, 6) is 1.06. The lowest BCUT2D eigenvalue weighted by atomic mass is 10.0. The Balaban J connectivity index is 1.94. The van der Waals surface area contributed by atoms with Gasteiger partial charge in [0.1, 0.15) is 0 Å². The van der Waals surface area contributed by atoms with E-state index >= 15 is 0 Å². The van der Waals surface area contributed by atoms with Crippen LogP contribution in [0.3, 0.4) is 0 Å². The summed E-state index contributed by atoms with van der Waals surface area (Å²) in [5.41, 5.74) is 5.28. The number of ether oxygens (including phenoxy) is 2. The van der Waals surface area contributed by atoms with Crippen LogP contribution in [0.4, 0.5) is 11.4 Å². The van der Waals surface area contributed by atoms with Crippen molar-refractivity contribution in [3.63, 3.8) is 0 Å². The molecule has 28 heavy (non-hydrogen) atoms. The molecule has 1 aliphatic rings. The van der Waals surface area contributed by atoms with Gasteiger partial charge in [-0.3, -0.25) is 4.79 Å². The fourth-order valence-corrected chi connectivity index (χ4v) is 3.32. The number of hydrogen-bond donors (Lipinski definition) is 3. The minimum absolute atomic E-state index is 0.125. The number of nitrogens with one attached hydrogen (secondary N) is 3. The largest absolute Gasteiger partial charge is 0.493 e. The Morgan fingerprint density at radius 2 is 1.75 bits per heavy atom. The molecule has 6 heteroatoms. The lowest BCUT2D eigenvalue weighted by molar-refractivity contribution is -0.110. The zero-order valence-corrected chi connectivity index (χ0v) is 16.8. The minimum Gasteiger partial charge on any atom is -0.493 e. The van der Waals surface area contributed by atoms with Crippen molar-refractivity contribution in [2.75, 3.05) is 38.4 Å². The summed E-state index contributed by atoms with van der Waals surface area (Å²) in [7, 11) is 5.12. The summed E-state index contributed by atoms with van der Waals surface area (Å²) in [6.45, 7) is 2.97. The zero-order chi connectivity index (χ0) is 20.1. The van der Waals surface area contributed by atoms with Crippen molar-refractivity contribution in [1.82, 2.24) is 5.32 Å². The highest BCUT2D eigenvalue weighted by atomic mass is 16.5. The van der Waals surface area contributed by atoms with Crippen molar-refractivity contribution in [1.29, 1.82) is 0 Å². The molecule has 2 aromatic carbocycles. The van der Waals surface area contributed by atoms with Crippen LogP contribution in [0.1, 0.15) is 24.5 Å². The molecule has 6 nitrogen and oxygen atoms in total. The third kappa shape index (κ3) is 3.97. The Morgan fingerprint density at radius 3 is 2.36 bits per heavy atom. The van der Waals surface area contributed by atoms with Crippen molar-refractivity contribution >= 4 is 22.9 Å². The molecular formula is C22H27N3O3. The normalized spacial score (nSPS) is 14.4. The van der Waals surface area contributed by atoms with Crippen molar-refractivity contribution in [3.05, 3.63) is 53.2 Å². The molecule has 0 spiro atoms. The van der Waals surface area contributed by atoms with E-state index in [1.54, 1.807) is 20.3 Å². The highest BCUT2D eigenvalue weighted by Gasteiger charge is 2.29. The van der Waals surface area contributed by atoms with E-state index in [0.29, 0.717) is 23.5 Å². The number of allylic oxidation sites excluding steroid dienone is 1. The second-order valence-corrected chi connectivity index (χ2v) is 6.59. The molecule has 0 saturated carbocycles. The minimum atomic E-state index is -0.125. The molecule has 0 unspecified atom stereocenters. The molecular weight excluding hydrogens is 354 g/mol. The molecule has 0 atom stereocenters. The van der Waals surface area contributed by atoms with Crippen molar-refractivity contribution in [2.24, 2.45) is 0 Å². The zero-order valence-electron chi connectivity index (χ0n) is 16.8. The first-order valence-corrected chi connectivity index (χ1v) is 9.42. The van der Waals surface area contributed by atoms with Gasteiger partial charge in [-0.15, -0.1) is 0 Å². The molecule has 0 bridgehead atoms. The van der Waals surface area contributed by atoms with Gasteiger partial charge in [0.2, 0.25) is 0 Å². The molecule has 1 amide bonds. The maximum Gasteiger partial charge on any atom is 0.258 e. The van der Waals surface area contributed by atoms with Gasteiger partial charge in [-0.05, 0) is 50.2 Å². The number of benzene rings is 2. The monoisotopic (exact) mass is 381 g/mol. The molecule has 3 N–H and O–H groups in total. The van der Waals surface area contributed by atoms with E-state index in [4.69, 9.17) is 9.47 Å². The van der Waals surface area contributed by atoms with Crippen LogP contribution in [-0.2, 0) is 11.2 Å². The third-order valence-corrected chi connectivity index (χ3v) is 4.84. The summed E-state index contributed by atoms with van der Waals surface area (Å²) in [4.78, 5) is 12.7. The van der Waals surface area contributed by atoms with E-state index in [0.717, 1.165) is 35.6 Å². The molecule has 0 aromatic heterocycles. The first-order valence-electron chi connectivity index (χ1n) is 9.42. The number of rotatable bonds is 8. The van der Waals surface area contributed by atoms with Crippen molar-refractivity contribution in [3.8, 4) is 11.5 Å². The number of anilines is 2. The number of fused-ring (bicyclic) bond motifs is 1. The Morgan fingerprint density at radius 1 is 1.07 bits per heavy atom. The van der Waals surface area contributed by atoms with Gasteiger partial charge in [0, 0.05) is 23.0 Å². The van der Waals surface area contributed by atoms with Gasteiger partial charge < -0.3 is 25.4 Å². The summed E-state index contributed by atoms with van der Waals surface area (Å²) in [5, 5.41) is 9.50. The van der Waals surface area contributed by atoms with E-state index < -0.39 is 0 Å². The van der Waals surface area contributed by atoms with Crippen LogP contribution < -0.4 is 25.4 Å². The topological polar surface area (TPSA) is 71.6 Å². The van der Waals surface area contributed by atoms with Crippen LogP contribution in [0.25, 0.3) is 5.57 Å². The highest BCUT2D eigenvalue weighted by Crippen LogP contribution is 2.42. The maximum atomic E-state index is 12.7. The lowest BCUT2D eigenvalue weighted by Crippen LogP contribution is -2.11. The molecule has 148 valence electrons. The van der Waals surface area contributed by atoms with Gasteiger partial charge in [0.25, 0.3) is 5.91 Å². The Hall–Kier alpha value is -2.99. The number of amides is 1. The first kappa shape index (κ1) is 19.8. The molecule has 0 aliphatic carbocycles. The van der Waals surface area contributed by atoms with E-state index in [9.17, 15) is 4.79 Å². The number of carbonyl (C=O) groups excluding carboxylic acids is 1. The van der Waals surface area contributed by atoms with Crippen LogP contribution in [0.2, 0.25) is 0 Å². The fraction of sp³-hybridized carbons (Fsp3) is 0.318. The molecule has 0 radical (unpaired) electrons. The van der Waals surface area contributed by atoms with Gasteiger partial charge in [0.15, 0.2) is 11.5 Å². The Kier molecular flexibility index (Phi) is 6.21. The van der Waals surface area contributed by atoms with Gasteiger partial charge in [-0.2, -0.15) is 0 Å². The number of carbonyl (C=O) groups is 1. The van der Waals surface area contributed by atoms with Crippen LogP contribution in [0.5, 0.6) is 11.5 Å². The van der Waals surface area contributed by atoms with E-state index in [-0.39, 0.29) is 5.91 Å². The quantitative estimate of drug-likeness (QED) is 0.609. The fourth-order valence-electron chi connectivity index (χ4n) is 3.32. The van der Waals surface area contributed by atoms with Crippen LogP contribution in [0, 0.1) is 0 Å². The Labute approximate surface area is 165 Å². The number of hydrogen-bond acceptors (Lipinski definition) is 5. The molecule has 3 rings (SSSR count). The van der Waals surface area contributed by atoms with Crippen LogP contribution in [0.15, 0.2) is 42.1 Å². The van der Waals surface area contributed by atoms with Gasteiger partial charge in [-0.1, -0.05) is 19.1 Å². The Bertz CT molecular complexity index is 889. The third-order valence-electron chi connectivity index (χ3n) is 4.84. The number of likely N-dealkylation sites (N-methyl/N-ethyl adjacent to an activating group) is 1. The molecule has 1 heterocycles. The maximum absolute atomic E-state index is 12.7. The number of methoxy groups -OCH3 is 2. The summed E-state index contributed by atoms with van der Waals surface area (Å²) in [6.07, 6.45) is 1.67.